The number of nitrogens with one attached hydrogen (secondary N) is 1. The lowest BCUT2D eigenvalue weighted by Gasteiger charge is -2.29. The molecule has 1 amide bonds. The number of amides is 1. The lowest BCUT2D eigenvalue weighted by Crippen LogP contribution is -2.32. The molecule has 0 spiro atoms. The van der Waals surface area contributed by atoms with Crippen molar-refractivity contribution in [1.29, 1.82) is 0 Å². The second kappa shape index (κ2) is 8.79. The number of aromatic hydroxyl groups is 1. The van der Waals surface area contributed by atoms with Gasteiger partial charge in [0.2, 0.25) is 11.8 Å². The number of fused-ring (bicyclic) bond motifs is 1. The summed E-state index contributed by atoms with van der Waals surface area (Å²) in [4.78, 5) is 24.2. The quantitative estimate of drug-likeness (QED) is 0.697. The zero-order chi connectivity index (χ0) is 21.1. The number of aliphatic hydroxyl groups is 1. The van der Waals surface area contributed by atoms with Gasteiger partial charge in [-0.25, -0.2) is 9.98 Å². The summed E-state index contributed by atoms with van der Waals surface area (Å²) >= 11 is 0. The van der Waals surface area contributed by atoms with Gasteiger partial charge < -0.3 is 20.3 Å². The lowest BCUT2D eigenvalue weighted by molar-refractivity contribution is -0.124. The molecule has 3 N–H and O–H groups in total. The highest BCUT2D eigenvalue weighted by molar-refractivity contribution is 6.04. The Balaban J connectivity index is 1.42. The van der Waals surface area contributed by atoms with Gasteiger partial charge in [-0.05, 0) is 56.1 Å². The fraction of sp³-hybridized carbons (Fsp3) is 0.455. The molecular formula is C22H26N4O4. The third kappa shape index (κ3) is 4.43. The summed E-state index contributed by atoms with van der Waals surface area (Å²) in [5.41, 5.74) is 3.10. The van der Waals surface area contributed by atoms with E-state index in [9.17, 15) is 9.90 Å². The van der Waals surface area contributed by atoms with E-state index in [0.717, 1.165) is 42.5 Å². The standard InChI is InChI=1S/C22H26N4O4/c1-13-23-10-18-22(25-13)30-12-19(26-18)16-6-7-17(20(28)8-16)15-4-2-14(3-5-15)9-24-21(29)11-27/h6-8,10,14-15,27-28H,2-5,9,11-12H2,1H3,(H,24,29). The minimum Gasteiger partial charge on any atom is -0.508 e. The van der Waals surface area contributed by atoms with Crippen LogP contribution in [0.3, 0.4) is 0 Å². The summed E-state index contributed by atoms with van der Waals surface area (Å²) in [6.07, 6.45) is 5.52. The van der Waals surface area contributed by atoms with E-state index in [1.165, 1.54) is 0 Å². The van der Waals surface area contributed by atoms with Crippen molar-refractivity contribution in [1.82, 2.24) is 15.3 Å². The van der Waals surface area contributed by atoms with Crippen molar-refractivity contribution in [3.63, 3.8) is 0 Å². The Kier molecular flexibility index (Phi) is 5.94. The number of nitrogens with zero attached hydrogens (tertiary/aromatic N) is 3. The van der Waals surface area contributed by atoms with Crippen LogP contribution < -0.4 is 10.1 Å². The number of phenols is 1. The molecule has 30 heavy (non-hydrogen) atoms. The first-order chi connectivity index (χ1) is 14.5. The number of aryl methyl sites for hydroxylation is 1. The molecule has 2 aliphatic rings. The number of rotatable bonds is 5. The molecule has 1 fully saturated rings. The summed E-state index contributed by atoms with van der Waals surface area (Å²) in [7, 11) is 0. The van der Waals surface area contributed by atoms with Gasteiger partial charge in [0.15, 0.2) is 0 Å². The van der Waals surface area contributed by atoms with Crippen LogP contribution in [0.1, 0.15) is 48.6 Å². The molecule has 2 heterocycles. The SMILES string of the molecule is Cc1ncc2c(n1)OCC(c1ccc(C3CCC(CNC(=O)CO)CC3)c(O)c1)=N2. The average Bonchev–Trinajstić information content (AvgIpc) is 2.77. The van der Waals surface area contributed by atoms with Crippen LogP contribution in [0.4, 0.5) is 5.69 Å². The van der Waals surface area contributed by atoms with Crippen LogP contribution in [0, 0.1) is 12.8 Å². The van der Waals surface area contributed by atoms with Gasteiger partial charge in [0.1, 0.15) is 30.5 Å². The van der Waals surface area contributed by atoms with E-state index < -0.39 is 6.61 Å². The predicted molar refractivity (Wildman–Crippen MR) is 111 cm³/mol. The van der Waals surface area contributed by atoms with Gasteiger partial charge >= 0.3 is 0 Å². The van der Waals surface area contributed by atoms with E-state index in [0.29, 0.717) is 42.4 Å². The first kappa shape index (κ1) is 20.3. The number of carbonyl (C=O) groups is 1. The number of aliphatic imine (C=N–C) groups is 1. The van der Waals surface area contributed by atoms with Crippen molar-refractivity contribution in [2.75, 3.05) is 19.8 Å². The van der Waals surface area contributed by atoms with Crippen LogP contribution in [0.2, 0.25) is 0 Å². The van der Waals surface area contributed by atoms with Crippen LogP contribution in [-0.4, -0.2) is 51.6 Å². The van der Waals surface area contributed by atoms with Crippen molar-refractivity contribution in [2.45, 2.75) is 38.5 Å². The van der Waals surface area contributed by atoms with Crippen molar-refractivity contribution in [2.24, 2.45) is 10.9 Å². The predicted octanol–water partition coefficient (Wildman–Crippen LogP) is 2.39. The molecule has 0 saturated heterocycles. The normalized spacial score (nSPS) is 20.7. The Morgan fingerprint density at radius 1 is 1.27 bits per heavy atom. The minimum atomic E-state index is -0.468. The molecule has 8 heteroatoms. The summed E-state index contributed by atoms with van der Waals surface area (Å²) in [6.45, 7) is 2.23. The van der Waals surface area contributed by atoms with Crippen molar-refractivity contribution in [3.05, 3.63) is 41.3 Å². The molecule has 1 aliphatic heterocycles. The van der Waals surface area contributed by atoms with E-state index in [1.54, 1.807) is 19.2 Å². The van der Waals surface area contributed by atoms with Gasteiger partial charge in [-0.3, -0.25) is 4.79 Å². The lowest BCUT2D eigenvalue weighted by atomic mass is 9.78. The number of benzene rings is 1. The molecule has 1 aromatic carbocycles. The Bertz CT molecular complexity index is 968. The van der Waals surface area contributed by atoms with E-state index in [2.05, 4.69) is 20.3 Å². The van der Waals surface area contributed by atoms with Gasteiger partial charge in [0.05, 0.1) is 11.9 Å². The van der Waals surface area contributed by atoms with Crippen LogP contribution in [0.25, 0.3) is 0 Å². The van der Waals surface area contributed by atoms with Crippen molar-refractivity contribution < 1.29 is 19.7 Å². The largest absolute Gasteiger partial charge is 0.508 e. The van der Waals surface area contributed by atoms with Crippen molar-refractivity contribution in [3.8, 4) is 11.6 Å². The molecule has 4 rings (SSSR count). The third-order valence-corrected chi connectivity index (χ3v) is 5.84. The van der Waals surface area contributed by atoms with Crippen LogP contribution in [0.15, 0.2) is 29.4 Å². The second-order valence-electron chi connectivity index (χ2n) is 7.91. The number of aromatic nitrogens is 2. The van der Waals surface area contributed by atoms with Gasteiger partial charge in [-0.1, -0.05) is 12.1 Å². The maximum atomic E-state index is 11.2. The Morgan fingerprint density at radius 2 is 2.07 bits per heavy atom. The topological polar surface area (TPSA) is 117 Å². The summed E-state index contributed by atoms with van der Waals surface area (Å²) in [5, 5.41) is 22.2. The number of hydrogen-bond acceptors (Lipinski definition) is 7. The molecule has 0 unspecified atom stereocenters. The number of hydrogen-bond donors (Lipinski definition) is 3. The summed E-state index contributed by atoms with van der Waals surface area (Å²) in [6, 6.07) is 5.71. The summed E-state index contributed by atoms with van der Waals surface area (Å²) in [5.74, 6) is 1.78. The molecule has 0 atom stereocenters. The highest BCUT2D eigenvalue weighted by atomic mass is 16.5. The first-order valence-corrected chi connectivity index (χ1v) is 10.3. The maximum absolute atomic E-state index is 11.2. The second-order valence-corrected chi connectivity index (χ2v) is 7.91. The van der Waals surface area contributed by atoms with Crippen LogP contribution in [0.5, 0.6) is 11.6 Å². The van der Waals surface area contributed by atoms with Crippen LogP contribution in [-0.2, 0) is 4.79 Å². The van der Waals surface area contributed by atoms with Gasteiger partial charge in [0.25, 0.3) is 0 Å². The molecule has 1 aromatic heterocycles. The van der Waals surface area contributed by atoms with Gasteiger partial charge in [-0.2, -0.15) is 4.98 Å². The maximum Gasteiger partial charge on any atom is 0.245 e. The number of phenolic OH excluding ortho intramolecular Hbond substituents is 1. The minimum absolute atomic E-state index is 0.276. The molecule has 0 bridgehead atoms. The molecule has 1 aliphatic carbocycles. The Hall–Kier alpha value is -3.00. The summed E-state index contributed by atoms with van der Waals surface area (Å²) < 4.78 is 5.71. The monoisotopic (exact) mass is 410 g/mol. The zero-order valence-corrected chi connectivity index (χ0v) is 17.0. The van der Waals surface area contributed by atoms with E-state index in [-0.39, 0.29) is 11.7 Å². The fourth-order valence-electron chi connectivity index (χ4n) is 4.15. The highest BCUT2D eigenvalue weighted by Gasteiger charge is 2.25. The first-order valence-electron chi connectivity index (χ1n) is 10.3. The van der Waals surface area contributed by atoms with Crippen LogP contribution >= 0.6 is 0 Å². The zero-order valence-electron chi connectivity index (χ0n) is 17.0. The number of ether oxygens (including phenoxy) is 1. The van der Waals surface area contributed by atoms with Gasteiger partial charge in [0, 0.05) is 12.1 Å². The molecule has 158 valence electrons. The van der Waals surface area contributed by atoms with E-state index in [4.69, 9.17) is 9.84 Å². The molecule has 8 nitrogen and oxygen atoms in total. The fourth-order valence-corrected chi connectivity index (χ4v) is 4.15. The Labute approximate surface area is 175 Å². The molecule has 0 radical (unpaired) electrons. The number of aliphatic hydroxyl groups excluding tert-OH is 1. The van der Waals surface area contributed by atoms with Gasteiger partial charge in [-0.15, -0.1) is 0 Å². The van der Waals surface area contributed by atoms with Crippen molar-refractivity contribution >= 4 is 17.3 Å². The highest BCUT2D eigenvalue weighted by Crippen LogP contribution is 2.39. The average molecular weight is 410 g/mol. The van der Waals surface area contributed by atoms with E-state index >= 15 is 0 Å². The number of carbonyl (C=O) groups excluding carboxylic acids is 1. The smallest absolute Gasteiger partial charge is 0.245 e. The molecule has 2 aromatic rings. The van der Waals surface area contributed by atoms with E-state index in [1.807, 2.05) is 12.1 Å². The third-order valence-electron chi connectivity index (χ3n) is 5.84. The molecule has 1 saturated carbocycles. The molecular weight excluding hydrogens is 384 g/mol. The Morgan fingerprint density at radius 3 is 2.80 bits per heavy atom.